The summed E-state index contributed by atoms with van der Waals surface area (Å²) in [5, 5.41) is 0. The number of hydrogen-bond acceptors (Lipinski definition) is 2. The Labute approximate surface area is 140 Å². The average Bonchev–Trinajstić information content (AvgIpc) is 2.86. The third-order valence-corrected chi connectivity index (χ3v) is 5.99. The van der Waals surface area contributed by atoms with Gasteiger partial charge < -0.3 is 4.90 Å². The summed E-state index contributed by atoms with van der Waals surface area (Å²) in [4.78, 5) is 17.5. The van der Waals surface area contributed by atoms with Crippen LogP contribution in [0.1, 0.15) is 51.0 Å². The number of nitrogens with zero attached hydrogens (tertiary/aromatic N) is 2. The van der Waals surface area contributed by atoms with Crippen molar-refractivity contribution >= 4 is 5.91 Å². The van der Waals surface area contributed by atoms with Gasteiger partial charge in [0.2, 0.25) is 5.91 Å². The molecular formula is C20H30N2O. The van der Waals surface area contributed by atoms with Crippen LogP contribution in [-0.4, -0.2) is 47.4 Å². The van der Waals surface area contributed by atoms with E-state index in [0.29, 0.717) is 18.0 Å². The van der Waals surface area contributed by atoms with E-state index < -0.39 is 0 Å². The van der Waals surface area contributed by atoms with E-state index >= 15 is 0 Å². The predicted molar refractivity (Wildman–Crippen MR) is 94.4 cm³/mol. The van der Waals surface area contributed by atoms with E-state index in [1.165, 1.54) is 32.1 Å². The third kappa shape index (κ3) is 3.45. The number of carbonyl (C=O) groups is 1. The van der Waals surface area contributed by atoms with Crippen LogP contribution < -0.4 is 0 Å². The first-order valence-corrected chi connectivity index (χ1v) is 9.19. The molecule has 0 unspecified atom stereocenters. The van der Waals surface area contributed by atoms with Crippen molar-refractivity contribution in [2.75, 3.05) is 20.1 Å². The fourth-order valence-electron chi connectivity index (χ4n) is 4.68. The molecule has 1 aliphatic heterocycles. The molecule has 3 heteroatoms. The van der Waals surface area contributed by atoms with Gasteiger partial charge in [0.05, 0.1) is 6.42 Å². The normalized spacial score (nSPS) is 24.0. The number of rotatable bonds is 4. The van der Waals surface area contributed by atoms with Gasteiger partial charge in [-0.2, -0.15) is 0 Å². The molecule has 0 bridgehead atoms. The summed E-state index contributed by atoms with van der Waals surface area (Å²) in [7, 11) is 2.26. The number of hydrogen-bond donors (Lipinski definition) is 0. The monoisotopic (exact) mass is 314 g/mol. The Morgan fingerprint density at radius 1 is 1.22 bits per heavy atom. The van der Waals surface area contributed by atoms with Crippen LogP contribution in [-0.2, 0) is 11.2 Å². The van der Waals surface area contributed by atoms with Gasteiger partial charge in [0.1, 0.15) is 0 Å². The van der Waals surface area contributed by atoms with Gasteiger partial charge in [-0.15, -0.1) is 0 Å². The molecular weight excluding hydrogens is 284 g/mol. The maximum atomic E-state index is 12.8. The Morgan fingerprint density at radius 3 is 2.57 bits per heavy atom. The standard InChI is InChI=1S/C20H30N2O/c1-3-22(19(23)14-17-10-6-4-7-11-17)18-15-20(21(2)16-18)12-8-5-9-13-20/h4,6-7,10-11,18H,3,5,8-9,12-16H2,1-2H3/t18-/m1/s1. The first-order chi connectivity index (χ1) is 11.1. The lowest BCUT2D eigenvalue weighted by molar-refractivity contribution is -0.132. The minimum absolute atomic E-state index is 0.282. The van der Waals surface area contributed by atoms with Crippen LogP contribution in [0.15, 0.2) is 30.3 Å². The van der Waals surface area contributed by atoms with E-state index in [1.807, 2.05) is 18.2 Å². The molecule has 0 radical (unpaired) electrons. The van der Waals surface area contributed by atoms with E-state index in [-0.39, 0.29) is 5.91 Å². The quantitative estimate of drug-likeness (QED) is 0.849. The van der Waals surface area contributed by atoms with Gasteiger partial charge in [0, 0.05) is 24.7 Å². The molecule has 126 valence electrons. The summed E-state index contributed by atoms with van der Waals surface area (Å²) < 4.78 is 0. The molecule has 2 fully saturated rings. The number of benzene rings is 1. The fourth-order valence-corrected chi connectivity index (χ4v) is 4.68. The molecule has 3 rings (SSSR count). The molecule has 1 atom stereocenters. The smallest absolute Gasteiger partial charge is 0.227 e. The van der Waals surface area contributed by atoms with Gasteiger partial charge >= 0.3 is 0 Å². The highest BCUT2D eigenvalue weighted by molar-refractivity contribution is 5.79. The molecule has 2 aliphatic rings. The van der Waals surface area contributed by atoms with Crippen LogP contribution in [0.5, 0.6) is 0 Å². The van der Waals surface area contributed by atoms with Gasteiger partial charge in [-0.05, 0) is 38.8 Å². The lowest BCUT2D eigenvalue weighted by Crippen LogP contribution is -2.42. The number of carbonyl (C=O) groups excluding carboxylic acids is 1. The third-order valence-electron chi connectivity index (χ3n) is 5.99. The van der Waals surface area contributed by atoms with Crippen LogP contribution in [0.3, 0.4) is 0 Å². The highest BCUT2D eigenvalue weighted by atomic mass is 16.2. The van der Waals surface area contributed by atoms with Crippen molar-refractivity contribution in [1.82, 2.24) is 9.80 Å². The minimum Gasteiger partial charge on any atom is -0.338 e. The molecule has 0 N–H and O–H groups in total. The summed E-state index contributed by atoms with van der Waals surface area (Å²) in [6, 6.07) is 10.5. The van der Waals surface area contributed by atoms with E-state index in [0.717, 1.165) is 25.1 Å². The number of likely N-dealkylation sites (N-methyl/N-ethyl adjacent to an activating group) is 2. The second-order valence-electron chi connectivity index (χ2n) is 7.37. The summed E-state index contributed by atoms with van der Waals surface area (Å²) in [6.07, 6.45) is 8.39. The second-order valence-corrected chi connectivity index (χ2v) is 7.37. The SMILES string of the molecule is CCN(C(=O)Cc1ccccc1)[C@H]1CN(C)C2(CCCCC2)C1. The highest BCUT2D eigenvalue weighted by Crippen LogP contribution is 2.42. The Bertz CT molecular complexity index is 522. The Kier molecular flexibility index (Phi) is 5.05. The van der Waals surface area contributed by atoms with Crippen molar-refractivity contribution in [2.45, 2.75) is 63.5 Å². The number of amides is 1. The van der Waals surface area contributed by atoms with Crippen LogP contribution in [0.25, 0.3) is 0 Å². The first-order valence-electron chi connectivity index (χ1n) is 9.19. The molecule has 1 aromatic carbocycles. The van der Waals surface area contributed by atoms with Crippen LogP contribution in [0.4, 0.5) is 0 Å². The van der Waals surface area contributed by atoms with E-state index in [2.05, 4.69) is 35.9 Å². The minimum atomic E-state index is 0.282. The molecule has 0 aromatic heterocycles. The Balaban J connectivity index is 1.67. The van der Waals surface area contributed by atoms with Crippen molar-refractivity contribution in [3.63, 3.8) is 0 Å². The molecule has 1 saturated heterocycles. The van der Waals surface area contributed by atoms with Gasteiger partial charge in [-0.1, -0.05) is 49.6 Å². The Hall–Kier alpha value is -1.35. The largest absolute Gasteiger partial charge is 0.338 e. The molecule has 1 spiro atoms. The van der Waals surface area contributed by atoms with Gasteiger partial charge in [-0.3, -0.25) is 9.69 Å². The molecule has 3 nitrogen and oxygen atoms in total. The molecule has 1 aromatic rings. The van der Waals surface area contributed by atoms with Crippen LogP contribution >= 0.6 is 0 Å². The van der Waals surface area contributed by atoms with Gasteiger partial charge in [0.15, 0.2) is 0 Å². The summed E-state index contributed by atoms with van der Waals surface area (Å²) in [6.45, 7) is 3.98. The summed E-state index contributed by atoms with van der Waals surface area (Å²) >= 11 is 0. The van der Waals surface area contributed by atoms with Crippen molar-refractivity contribution in [3.8, 4) is 0 Å². The van der Waals surface area contributed by atoms with E-state index in [9.17, 15) is 4.79 Å². The van der Waals surface area contributed by atoms with Gasteiger partial charge in [0.25, 0.3) is 0 Å². The van der Waals surface area contributed by atoms with Gasteiger partial charge in [-0.25, -0.2) is 0 Å². The van der Waals surface area contributed by atoms with E-state index in [4.69, 9.17) is 0 Å². The van der Waals surface area contributed by atoms with E-state index in [1.54, 1.807) is 0 Å². The zero-order valence-corrected chi connectivity index (χ0v) is 14.6. The Morgan fingerprint density at radius 2 is 1.91 bits per heavy atom. The lowest BCUT2D eigenvalue weighted by Gasteiger charge is -2.39. The first kappa shape index (κ1) is 16.5. The zero-order chi connectivity index (χ0) is 16.3. The fraction of sp³-hybridized carbons (Fsp3) is 0.650. The van der Waals surface area contributed by atoms with Crippen molar-refractivity contribution in [3.05, 3.63) is 35.9 Å². The molecule has 1 aliphatic carbocycles. The average molecular weight is 314 g/mol. The van der Waals surface area contributed by atoms with Crippen LogP contribution in [0.2, 0.25) is 0 Å². The van der Waals surface area contributed by atoms with Crippen molar-refractivity contribution in [2.24, 2.45) is 0 Å². The molecule has 1 saturated carbocycles. The maximum Gasteiger partial charge on any atom is 0.227 e. The van der Waals surface area contributed by atoms with Crippen LogP contribution in [0, 0.1) is 0 Å². The zero-order valence-electron chi connectivity index (χ0n) is 14.6. The highest BCUT2D eigenvalue weighted by Gasteiger charge is 2.46. The summed E-state index contributed by atoms with van der Waals surface area (Å²) in [5.41, 5.74) is 1.48. The maximum absolute atomic E-state index is 12.8. The predicted octanol–water partition coefficient (Wildman–Crippen LogP) is 3.48. The van der Waals surface area contributed by atoms with Crippen molar-refractivity contribution < 1.29 is 4.79 Å². The second kappa shape index (κ2) is 7.04. The lowest BCUT2D eigenvalue weighted by atomic mass is 9.79. The number of likely N-dealkylation sites (tertiary alicyclic amines) is 1. The molecule has 23 heavy (non-hydrogen) atoms. The van der Waals surface area contributed by atoms with Crippen molar-refractivity contribution in [1.29, 1.82) is 0 Å². The topological polar surface area (TPSA) is 23.6 Å². The summed E-state index contributed by atoms with van der Waals surface area (Å²) in [5.74, 6) is 0.282. The molecule has 1 amide bonds. The molecule has 1 heterocycles.